The van der Waals surface area contributed by atoms with E-state index in [1.165, 1.54) is 19.3 Å². The SMILES string of the molecule is CCOCCCC(=O)NC1CCCCC1. The van der Waals surface area contributed by atoms with Crippen LogP contribution < -0.4 is 5.32 Å². The van der Waals surface area contributed by atoms with Crippen LogP contribution in [0.1, 0.15) is 51.9 Å². The number of hydrogen-bond acceptors (Lipinski definition) is 2. The van der Waals surface area contributed by atoms with Crippen LogP contribution in [-0.4, -0.2) is 25.2 Å². The van der Waals surface area contributed by atoms with Gasteiger partial charge in [-0.25, -0.2) is 0 Å². The van der Waals surface area contributed by atoms with Gasteiger partial charge in [0.25, 0.3) is 0 Å². The number of amides is 1. The first kappa shape index (κ1) is 12.5. The first-order valence-electron chi connectivity index (χ1n) is 6.20. The topological polar surface area (TPSA) is 38.3 Å². The van der Waals surface area contributed by atoms with Gasteiger partial charge in [0.15, 0.2) is 0 Å². The standard InChI is InChI=1S/C12H23NO2/c1-2-15-10-6-9-12(14)13-11-7-4-3-5-8-11/h11H,2-10H2,1H3,(H,13,14). The molecule has 0 unspecified atom stereocenters. The molecule has 0 radical (unpaired) electrons. The lowest BCUT2D eigenvalue weighted by Crippen LogP contribution is -2.36. The smallest absolute Gasteiger partial charge is 0.220 e. The van der Waals surface area contributed by atoms with Gasteiger partial charge >= 0.3 is 0 Å². The second kappa shape index (κ2) is 7.69. The van der Waals surface area contributed by atoms with Crippen LogP contribution in [0.15, 0.2) is 0 Å². The summed E-state index contributed by atoms with van der Waals surface area (Å²) in [5.74, 6) is 0.196. The summed E-state index contributed by atoms with van der Waals surface area (Å²) in [6, 6.07) is 0.443. The maximum Gasteiger partial charge on any atom is 0.220 e. The van der Waals surface area contributed by atoms with E-state index in [1.54, 1.807) is 0 Å². The highest BCUT2D eigenvalue weighted by Gasteiger charge is 2.14. The third-order valence-electron chi connectivity index (χ3n) is 2.87. The first-order valence-corrected chi connectivity index (χ1v) is 6.20. The average molecular weight is 213 g/mol. The molecule has 1 rings (SSSR count). The van der Waals surface area contributed by atoms with Crippen LogP contribution in [0.3, 0.4) is 0 Å². The van der Waals surface area contributed by atoms with Gasteiger partial charge in [-0.3, -0.25) is 4.79 Å². The van der Waals surface area contributed by atoms with Crippen molar-refractivity contribution in [1.82, 2.24) is 5.32 Å². The van der Waals surface area contributed by atoms with Crippen LogP contribution >= 0.6 is 0 Å². The number of ether oxygens (including phenoxy) is 1. The summed E-state index contributed by atoms with van der Waals surface area (Å²) in [7, 11) is 0. The summed E-state index contributed by atoms with van der Waals surface area (Å²) >= 11 is 0. The van der Waals surface area contributed by atoms with Crippen molar-refractivity contribution >= 4 is 5.91 Å². The average Bonchev–Trinajstić information content (AvgIpc) is 2.26. The zero-order valence-electron chi connectivity index (χ0n) is 9.76. The van der Waals surface area contributed by atoms with E-state index in [9.17, 15) is 4.79 Å². The van der Waals surface area contributed by atoms with Crippen molar-refractivity contribution in [3.05, 3.63) is 0 Å². The molecular weight excluding hydrogens is 190 g/mol. The minimum Gasteiger partial charge on any atom is -0.382 e. The number of carbonyl (C=O) groups is 1. The highest BCUT2D eigenvalue weighted by molar-refractivity contribution is 5.76. The molecule has 0 saturated heterocycles. The second-order valence-electron chi connectivity index (χ2n) is 4.20. The molecule has 0 bridgehead atoms. The largest absolute Gasteiger partial charge is 0.382 e. The Morgan fingerprint density at radius 2 is 2.07 bits per heavy atom. The first-order chi connectivity index (χ1) is 7.33. The summed E-state index contributed by atoms with van der Waals surface area (Å²) in [4.78, 5) is 11.5. The van der Waals surface area contributed by atoms with Gasteiger partial charge in [-0.05, 0) is 26.2 Å². The van der Waals surface area contributed by atoms with Gasteiger partial charge in [-0.15, -0.1) is 0 Å². The Labute approximate surface area is 92.6 Å². The zero-order valence-corrected chi connectivity index (χ0v) is 9.76. The number of rotatable bonds is 6. The summed E-state index contributed by atoms with van der Waals surface area (Å²) < 4.78 is 5.19. The third kappa shape index (κ3) is 5.78. The molecule has 1 saturated carbocycles. The van der Waals surface area contributed by atoms with Gasteiger partial charge in [-0.1, -0.05) is 19.3 Å². The van der Waals surface area contributed by atoms with E-state index < -0.39 is 0 Å². The fourth-order valence-electron chi connectivity index (χ4n) is 2.03. The summed E-state index contributed by atoms with van der Waals surface area (Å²) in [5, 5.41) is 3.10. The van der Waals surface area contributed by atoms with Crippen molar-refractivity contribution in [1.29, 1.82) is 0 Å². The molecule has 0 aromatic rings. The molecule has 0 aromatic carbocycles. The van der Waals surface area contributed by atoms with Gasteiger partial charge in [0.2, 0.25) is 5.91 Å². The molecule has 1 N–H and O–H groups in total. The van der Waals surface area contributed by atoms with Crippen LogP contribution in [0.5, 0.6) is 0 Å². The van der Waals surface area contributed by atoms with Crippen molar-refractivity contribution < 1.29 is 9.53 Å². The van der Waals surface area contributed by atoms with Crippen LogP contribution in [0.4, 0.5) is 0 Å². The van der Waals surface area contributed by atoms with E-state index in [-0.39, 0.29) is 5.91 Å². The van der Waals surface area contributed by atoms with Crippen LogP contribution in [0.25, 0.3) is 0 Å². The highest BCUT2D eigenvalue weighted by atomic mass is 16.5. The maximum absolute atomic E-state index is 11.5. The number of hydrogen-bond donors (Lipinski definition) is 1. The van der Waals surface area contributed by atoms with Crippen molar-refractivity contribution in [3.8, 4) is 0 Å². The van der Waals surface area contributed by atoms with Gasteiger partial charge in [0.1, 0.15) is 0 Å². The predicted octanol–water partition coefficient (Wildman–Crippen LogP) is 2.25. The van der Waals surface area contributed by atoms with Crippen molar-refractivity contribution in [2.75, 3.05) is 13.2 Å². The van der Waals surface area contributed by atoms with Crippen molar-refractivity contribution in [2.45, 2.75) is 57.9 Å². The second-order valence-corrected chi connectivity index (χ2v) is 4.20. The monoisotopic (exact) mass is 213 g/mol. The Kier molecular flexibility index (Phi) is 6.41. The van der Waals surface area contributed by atoms with E-state index in [1.807, 2.05) is 6.92 Å². The zero-order chi connectivity index (χ0) is 10.9. The number of carbonyl (C=O) groups excluding carboxylic acids is 1. The van der Waals surface area contributed by atoms with Crippen LogP contribution in [-0.2, 0) is 9.53 Å². The Morgan fingerprint density at radius 3 is 2.73 bits per heavy atom. The number of nitrogens with one attached hydrogen (secondary N) is 1. The maximum atomic E-state index is 11.5. The van der Waals surface area contributed by atoms with Crippen molar-refractivity contribution in [2.24, 2.45) is 0 Å². The van der Waals surface area contributed by atoms with Crippen molar-refractivity contribution in [3.63, 3.8) is 0 Å². The minimum absolute atomic E-state index is 0.196. The van der Waals surface area contributed by atoms with Gasteiger partial charge in [0.05, 0.1) is 0 Å². The molecule has 0 atom stereocenters. The molecule has 1 aliphatic rings. The summed E-state index contributed by atoms with van der Waals surface area (Å²) in [6.07, 6.45) is 7.64. The molecule has 3 nitrogen and oxygen atoms in total. The third-order valence-corrected chi connectivity index (χ3v) is 2.87. The Morgan fingerprint density at radius 1 is 1.33 bits per heavy atom. The minimum atomic E-state index is 0.196. The lowest BCUT2D eigenvalue weighted by atomic mass is 9.95. The van der Waals surface area contributed by atoms with Crippen LogP contribution in [0.2, 0.25) is 0 Å². The molecular formula is C12H23NO2. The Balaban J connectivity index is 2.01. The molecule has 1 aliphatic carbocycles. The predicted molar refractivity (Wildman–Crippen MR) is 60.7 cm³/mol. The lowest BCUT2D eigenvalue weighted by Gasteiger charge is -2.22. The van der Waals surface area contributed by atoms with E-state index in [4.69, 9.17) is 4.74 Å². The van der Waals surface area contributed by atoms with E-state index in [0.29, 0.717) is 19.1 Å². The van der Waals surface area contributed by atoms with Gasteiger partial charge in [0, 0.05) is 25.7 Å². The molecule has 0 spiro atoms. The van der Waals surface area contributed by atoms with Gasteiger partial charge < -0.3 is 10.1 Å². The summed E-state index contributed by atoms with van der Waals surface area (Å²) in [5.41, 5.74) is 0. The summed E-state index contributed by atoms with van der Waals surface area (Å²) in [6.45, 7) is 3.42. The molecule has 15 heavy (non-hydrogen) atoms. The van der Waals surface area contributed by atoms with Crippen LogP contribution in [0, 0.1) is 0 Å². The normalized spacial score (nSPS) is 17.7. The Hall–Kier alpha value is -0.570. The highest BCUT2D eigenvalue weighted by Crippen LogP contribution is 2.17. The molecule has 1 amide bonds. The molecule has 0 aromatic heterocycles. The molecule has 3 heteroatoms. The molecule has 0 aliphatic heterocycles. The van der Waals surface area contributed by atoms with Gasteiger partial charge in [-0.2, -0.15) is 0 Å². The lowest BCUT2D eigenvalue weighted by molar-refractivity contribution is -0.122. The van der Waals surface area contributed by atoms with E-state index in [0.717, 1.165) is 25.9 Å². The Bertz CT molecular complexity index is 176. The van der Waals surface area contributed by atoms with E-state index in [2.05, 4.69) is 5.32 Å². The molecule has 88 valence electrons. The molecule has 1 fully saturated rings. The fourth-order valence-corrected chi connectivity index (χ4v) is 2.03. The fraction of sp³-hybridized carbons (Fsp3) is 0.917. The molecule has 0 heterocycles. The van der Waals surface area contributed by atoms with E-state index >= 15 is 0 Å². The quantitative estimate of drug-likeness (QED) is 0.687.